The van der Waals surface area contributed by atoms with Crippen molar-refractivity contribution in [1.29, 1.82) is 0 Å². The minimum absolute atomic E-state index is 0.192. The number of alkyl halides is 2. The monoisotopic (exact) mass is 340 g/mol. The SMILES string of the molecule is CC1(C)OC[C@@]2(O1)C(F)(F)C=C[C@@H](OCc1ccccc1)[C@]2(C)O. The van der Waals surface area contributed by atoms with E-state index in [4.69, 9.17) is 14.2 Å². The largest absolute Gasteiger partial charge is 0.384 e. The molecule has 2 aliphatic rings. The molecule has 4 nitrogen and oxygen atoms in total. The molecule has 3 atom stereocenters. The average molecular weight is 340 g/mol. The smallest absolute Gasteiger partial charge is 0.300 e. The van der Waals surface area contributed by atoms with E-state index in [1.807, 2.05) is 30.3 Å². The third kappa shape index (κ3) is 2.67. The summed E-state index contributed by atoms with van der Waals surface area (Å²) in [6.45, 7) is 4.18. The fourth-order valence-electron chi connectivity index (χ4n) is 3.24. The van der Waals surface area contributed by atoms with Gasteiger partial charge in [-0.2, -0.15) is 8.78 Å². The van der Waals surface area contributed by atoms with Crippen molar-refractivity contribution in [3.8, 4) is 0 Å². The Morgan fingerprint density at radius 3 is 2.46 bits per heavy atom. The van der Waals surface area contributed by atoms with Gasteiger partial charge >= 0.3 is 0 Å². The predicted molar refractivity (Wildman–Crippen MR) is 83.6 cm³/mol. The molecular weight excluding hydrogens is 318 g/mol. The highest BCUT2D eigenvalue weighted by Crippen LogP contribution is 2.52. The lowest BCUT2D eigenvalue weighted by Crippen LogP contribution is -2.71. The molecule has 1 heterocycles. The summed E-state index contributed by atoms with van der Waals surface area (Å²) in [7, 11) is 0. The second-order valence-corrected chi connectivity index (χ2v) is 6.96. The van der Waals surface area contributed by atoms with Gasteiger partial charge in [0.2, 0.25) is 0 Å². The summed E-state index contributed by atoms with van der Waals surface area (Å²) in [4.78, 5) is 0. The molecule has 132 valence electrons. The Balaban J connectivity index is 1.87. The van der Waals surface area contributed by atoms with Gasteiger partial charge in [0.15, 0.2) is 11.4 Å². The Morgan fingerprint density at radius 1 is 1.21 bits per heavy atom. The van der Waals surface area contributed by atoms with Crippen molar-refractivity contribution in [1.82, 2.24) is 0 Å². The van der Waals surface area contributed by atoms with Crippen molar-refractivity contribution in [2.75, 3.05) is 6.61 Å². The topological polar surface area (TPSA) is 47.9 Å². The van der Waals surface area contributed by atoms with Gasteiger partial charge in [-0.25, -0.2) is 0 Å². The molecule has 1 aliphatic heterocycles. The van der Waals surface area contributed by atoms with E-state index in [1.54, 1.807) is 13.8 Å². The van der Waals surface area contributed by atoms with Crippen LogP contribution in [0.2, 0.25) is 0 Å². The van der Waals surface area contributed by atoms with Crippen molar-refractivity contribution in [3.63, 3.8) is 0 Å². The van der Waals surface area contributed by atoms with E-state index in [-0.39, 0.29) is 6.61 Å². The maximum absolute atomic E-state index is 14.6. The fourth-order valence-corrected chi connectivity index (χ4v) is 3.24. The quantitative estimate of drug-likeness (QED) is 0.859. The van der Waals surface area contributed by atoms with E-state index < -0.39 is 35.6 Å². The molecule has 6 heteroatoms. The summed E-state index contributed by atoms with van der Waals surface area (Å²) in [6.07, 6.45) is 0.990. The summed E-state index contributed by atoms with van der Waals surface area (Å²) >= 11 is 0. The molecule has 0 aromatic heterocycles. The third-order valence-electron chi connectivity index (χ3n) is 4.71. The zero-order valence-electron chi connectivity index (χ0n) is 14.0. The van der Waals surface area contributed by atoms with E-state index in [1.165, 1.54) is 13.0 Å². The van der Waals surface area contributed by atoms with Crippen LogP contribution in [0.3, 0.4) is 0 Å². The third-order valence-corrected chi connectivity index (χ3v) is 4.71. The van der Waals surface area contributed by atoms with Gasteiger partial charge in [-0.3, -0.25) is 0 Å². The summed E-state index contributed by atoms with van der Waals surface area (Å²) in [5.74, 6) is -4.58. The number of halogens is 2. The minimum Gasteiger partial charge on any atom is -0.384 e. The number of rotatable bonds is 3. The summed E-state index contributed by atoms with van der Waals surface area (Å²) < 4.78 is 45.9. The van der Waals surface area contributed by atoms with Crippen LogP contribution in [0.15, 0.2) is 42.5 Å². The lowest BCUT2D eigenvalue weighted by Gasteiger charge is -2.50. The highest BCUT2D eigenvalue weighted by atomic mass is 19.3. The van der Waals surface area contributed by atoms with Crippen LogP contribution in [0.25, 0.3) is 0 Å². The molecule has 24 heavy (non-hydrogen) atoms. The molecule has 1 spiro atoms. The van der Waals surface area contributed by atoms with Gasteiger partial charge in [0.25, 0.3) is 5.92 Å². The molecular formula is C18H22F2O4. The average Bonchev–Trinajstić information content (AvgIpc) is 2.85. The van der Waals surface area contributed by atoms with Crippen LogP contribution in [0.4, 0.5) is 8.78 Å². The normalized spacial score (nSPS) is 37.0. The second kappa shape index (κ2) is 5.59. The van der Waals surface area contributed by atoms with E-state index >= 15 is 0 Å². The van der Waals surface area contributed by atoms with E-state index in [0.717, 1.165) is 11.6 Å². The molecule has 0 unspecified atom stereocenters. The van der Waals surface area contributed by atoms with Gasteiger partial charge in [-0.15, -0.1) is 0 Å². The zero-order valence-corrected chi connectivity index (χ0v) is 14.0. The van der Waals surface area contributed by atoms with Gasteiger partial charge in [0, 0.05) is 0 Å². The summed E-state index contributed by atoms with van der Waals surface area (Å²) in [6, 6.07) is 9.33. The van der Waals surface area contributed by atoms with Crippen molar-refractivity contribution in [2.45, 2.75) is 56.4 Å². The van der Waals surface area contributed by atoms with Crippen LogP contribution < -0.4 is 0 Å². The lowest BCUT2D eigenvalue weighted by molar-refractivity contribution is -0.297. The van der Waals surface area contributed by atoms with Crippen molar-refractivity contribution in [3.05, 3.63) is 48.0 Å². The maximum Gasteiger partial charge on any atom is 0.300 e. The van der Waals surface area contributed by atoms with Crippen LogP contribution >= 0.6 is 0 Å². The standard InChI is InChI=1S/C18H22F2O4/c1-15(2)23-12-17(24-15)16(3,21)14(9-10-18(17,19)20)22-11-13-7-5-4-6-8-13/h4-10,14,21H,11-12H2,1-3H3/t14-,16+,17+/m1/s1. The molecule has 0 saturated carbocycles. The van der Waals surface area contributed by atoms with Gasteiger partial charge < -0.3 is 19.3 Å². The molecule has 0 amide bonds. The maximum atomic E-state index is 14.6. The molecule has 3 rings (SSSR count). The molecule has 0 bridgehead atoms. The molecule has 1 fully saturated rings. The summed E-state index contributed by atoms with van der Waals surface area (Å²) in [5.41, 5.74) is -3.27. The predicted octanol–water partition coefficient (Wildman–Crippen LogP) is 3.05. The zero-order chi connectivity index (χ0) is 17.6. The molecule has 1 saturated heterocycles. The number of ether oxygens (including phenoxy) is 3. The van der Waals surface area contributed by atoms with Crippen LogP contribution in [0, 0.1) is 0 Å². The number of benzene rings is 1. The first-order chi connectivity index (χ1) is 11.1. The lowest BCUT2D eigenvalue weighted by atomic mass is 9.72. The number of hydrogen-bond donors (Lipinski definition) is 1. The molecule has 1 N–H and O–H groups in total. The van der Waals surface area contributed by atoms with Crippen LogP contribution in [0.1, 0.15) is 26.3 Å². The van der Waals surface area contributed by atoms with Gasteiger partial charge in [0.1, 0.15) is 11.7 Å². The Labute approximate surface area is 140 Å². The Hall–Kier alpha value is -1.34. The number of hydrogen-bond acceptors (Lipinski definition) is 4. The van der Waals surface area contributed by atoms with Crippen molar-refractivity contribution >= 4 is 0 Å². The van der Waals surface area contributed by atoms with Crippen molar-refractivity contribution in [2.24, 2.45) is 0 Å². The van der Waals surface area contributed by atoms with Crippen LogP contribution in [0.5, 0.6) is 0 Å². The van der Waals surface area contributed by atoms with Gasteiger partial charge in [-0.05, 0) is 32.4 Å². The molecule has 1 aromatic carbocycles. The van der Waals surface area contributed by atoms with Gasteiger partial charge in [-0.1, -0.05) is 36.4 Å². The molecule has 1 aliphatic carbocycles. The second-order valence-electron chi connectivity index (χ2n) is 6.96. The highest BCUT2D eigenvalue weighted by molar-refractivity contribution is 5.27. The van der Waals surface area contributed by atoms with E-state index in [2.05, 4.69) is 0 Å². The van der Waals surface area contributed by atoms with Crippen LogP contribution in [-0.2, 0) is 20.8 Å². The Morgan fingerprint density at radius 2 is 1.88 bits per heavy atom. The van der Waals surface area contributed by atoms with Crippen LogP contribution in [-0.4, -0.2) is 40.7 Å². The van der Waals surface area contributed by atoms with Crippen molar-refractivity contribution < 1.29 is 28.1 Å². The van der Waals surface area contributed by atoms with E-state index in [9.17, 15) is 13.9 Å². The first-order valence-electron chi connectivity index (χ1n) is 7.89. The first kappa shape index (κ1) is 17.5. The first-order valence-corrected chi connectivity index (χ1v) is 7.89. The Kier molecular flexibility index (Phi) is 4.07. The summed E-state index contributed by atoms with van der Waals surface area (Å²) in [5, 5.41) is 11.0. The highest BCUT2D eigenvalue weighted by Gasteiger charge is 2.72. The number of aliphatic hydroxyl groups is 1. The Bertz CT molecular complexity index is 627. The fraction of sp³-hybridized carbons (Fsp3) is 0.556. The minimum atomic E-state index is -3.38. The van der Waals surface area contributed by atoms with Gasteiger partial charge in [0.05, 0.1) is 13.2 Å². The van der Waals surface area contributed by atoms with E-state index in [0.29, 0.717) is 0 Å². The molecule has 0 radical (unpaired) electrons. The molecule has 1 aromatic rings.